The van der Waals surface area contributed by atoms with Crippen LogP contribution in [0, 0.1) is 5.92 Å². The first-order chi connectivity index (χ1) is 7.24. The van der Waals surface area contributed by atoms with Crippen LogP contribution in [0.25, 0.3) is 0 Å². The Bertz CT molecular complexity index is 323. The summed E-state index contributed by atoms with van der Waals surface area (Å²) >= 11 is 13.3. The number of halogens is 2. The summed E-state index contributed by atoms with van der Waals surface area (Å²) in [6, 6.07) is 0. The van der Waals surface area contributed by atoms with Crippen molar-refractivity contribution in [2.45, 2.75) is 6.42 Å². The molecule has 0 aromatic carbocycles. The van der Waals surface area contributed by atoms with E-state index in [0.29, 0.717) is 11.9 Å². The molecule has 0 spiro atoms. The zero-order valence-corrected chi connectivity index (χ0v) is 10.2. The van der Waals surface area contributed by atoms with Crippen LogP contribution in [0.15, 0.2) is 0 Å². The molecule has 1 aliphatic rings. The number of hydrogen-bond acceptors (Lipinski definition) is 5. The summed E-state index contributed by atoms with van der Waals surface area (Å²) in [5.41, 5.74) is 0. The maximum absolute atomic E-state index is 5.65. The van der Waals surface area contributed by atoms with Crippen LogP contribution in [-0.4, -0.2) is 33.0 Å². The molecular formula is C8H10Cl2N4S. The second kappa shape index (κ2) is 5.18. The van der Waals surface area contributed by atoms with Gasteiger partial charge in [0.1, 0.15) is 0 Å². The Morgan fingerprint density at radius 2 is 2.00 bits per heavy atom. The van der Waals surface area contributed by atoms with Crippen LogP contribution >= 0.6 is 35.0 Å². The smallest absolute Gasteiger partial charge is 0.228 e. The highest BCUT2D eigenvalue weighted by atomic mass is 35.5. The van der Waals surface area contributed by atoms with Crippen molar-refractivity contribution in [1.82, 2.24) is 15.0 Å². The van der Waals surface area contributed by atoms with Gasteiger partial charge in [-0.25, -0.2) is 0 Å². The van der Waals surface area contributed by atoms with Crippen LogP contribution in [0.2, 0.25) is 10.6 Å². The summed E-state index contributed by atoms with van der Waals surface area (Å²) in [5.74, 6) is 3.58. The van der Waals surface area contributed by atoms with Crippen molar-refractivity contribution in [3.05, 3.63) is 10.6 Å². The molecule has 1 aromatic heterocycles. The predicted octanol–water partition coefficient (Wildman–Crippen LogP) is 2.34. The second-order valence-corrected chi connectivity index (χ2v) is 5.13. The molecule has 1 aromatic rings. The Morgan fingerprint density at radius 1 is 1.27 bits per heavy atom. The van der Waals surface area contributed by atoms with Gasteiger partial charge in [-0.15, -0.1) is 0 Å². The van der Waals surface area contributed by atoms with Gasteiger partial charge in [0.25, 0.3) is 0 Å². The maximum Gasteiger partial charge on any atom is 0.228 e. The molecule has 2 heterocycles. The third-order valence-corrected chi connectivity index (χ3v) is 3.72. The summed E-state index contributed by atoms with van der Waals surface area (Å²) in [5, 5.41) is 3.37. The number of thioether (sulfide) groups is 1. The zero-order chi connectivity index (χ0) is 10.7. The maximum atomic E-state index is 5.65. The van der Waals surface area contributed by atoms with E-state index in [2.05, 4.69) is 20.3 Å². The van der Waals surface area contributed by atoms with Crippen LogP contribution in [0.4, 0.5) is 5.95 Å². The van der Waals surface area contributed by atoms with Crippen LogP contribution < -0.4 is 5.32 Å². The lowest BCUT2D eigenvalue weighted by molar-refractivity contribution is 0.628. The Balaban J connectivity index is 1.92. The lowest BCUT2D eigenvalue weighted by Crippen LogP contribution is -2.15. The fraction of sp³-hybridized carbons (Fsp3) is 0.625. The third-order valence-electron chi connectivity index (χ3n) is 2.15. The molecule has 2 rings (SSSR count). The predicted molar refractivity (Wildman–Crippen MR) is 63.8 cm³/mol. The number of anilines is 1. The van der Waals surface area contributed by atoms with Gasteiger partial charge in [-0.05, 0) is 47.0 Å². The van der Waals surface area contributed by atoms with E-state index in [-0.39, 0.29) is 10.6 Å². The topological polar surface area (TPSA) is 50.7 Å². The molecule has 7 heteroatoms. The summed E-state index contributed by atoms with van der Waals surface area (Å²) in [4.78, 5) is 11.6. The SMILES string of the molecule is Clc1nc(Cl)nc(NCC2CCSC2)n1. The molecule has 1 atom stereocenters. The van der Waals surface area contributed by atoms with E-state index in [4.69, 9.17) is 23.2 Å². The van der Waals surface area contributed by atoms with Crippen molar-refractivity contribution in [1.29, 1.82) is 0 Å². The first kappa shape index (κ1) is 11.2. The molecule has 0 bridgehead atoms. The molecule has 1 N–H and O–H groups in total. The highest BCUT2D eigenvalue weighted by Gasteiger charge is 2.15. The first-order valence-corrected chi connectivity index (χ1v) is 6.54. The molecule has 0 radical (unpaired) electrons. The lowest BCUT2D eigenvalue weighted by Gasteiger charge is -2.09. The average Bonchev–Trinajstić information content (AvgIpc) is 2.65. The first-order valence-electron chi connectivity index (χ1n) is 4.63. The van der Waals surface area contributed by atoms with E-state index in [1.807, 2.05) is 11.8 Å². The lowest BCUT2D eigenvalue weighted by atomic mass is 10.1. The van der Waals surface area contributed by atoms with E-state index in [0.717, 1.165) is 6.54 Å². The van der Waals surface area contributed by atoms with Gasteiger partial charge in [-0.2, -0.15) is 26.7 Å². The van der Waals surface area contributed by atoms with Gasteiger partial charge < -0.3 is 5.32 Å². The Morgan fingerprint density at radius 3 is 2.60 bits per heavy atom. The molecule has 0 saturated carbocycles. The summed E-state index contributed by atoms with van der Waals surface area (Å²) in [6.45, 7) is 0.865. The normalized spacial score (nSPS) is 20.5. The van der Waals surface area contributed by atoms with E-state index < -0.39 is 0 Å². The average molecular weight is 265 g/mol. The van der Waals surface area contributed by atoms with Crippen molar-refractivity contribution in [2.24, 2.45) is 5.92 Å². The summed E-state index contributed by atoms with van der Waals surface area (Å²) < 4.78 is 0. The molecule has 15 heavy (non-hydrogen) atoms. The van der Waals surface area contributed by atoms with E-state index >= 15 is 0 Å². The Kier molecular flexibility index (Phi) is 3.88. The van der Waals surface area contributed by atoms with Crippen molar-refractivity contribution in [2.75, 3.05) is 23.4 Å². The Labute approximate surface area is 102 Å². The monoisotopic (exact) mass is 264 g/mol. The second-order valence-electron chi connectivity index (χ2n) is 3.31. The molecule has 1 saturated heterocycles. The molecule has 1 aliphatic heterocycles. The van der Waals surface area contributed by atoms with Crippen LogP contribution in [0.3, 0.4) is 0 Å². The fourth-order valence-electron chi connectivity index (χ4n) is 1.38. The number of nitrogens with one attached hydrogen (secondary N) is 1. The third kappa shape index (κ3) is 3.36. The fourth-order valence-corrected chi connectivity index (χ4v) is 3.03. The standard InChI is InChI=1S/C8H10Cl2N4S/c9-6-12-7(10)14-8(13-6)11-3-5-1-2-15-4-5/h5H,1-4H2,(H,11,12,13,14). The minimum atomic E-state index is 0.123. The minimum absolute atomic E-state index is 0.123. The van der Waals surface area contributed by atoms with Crippen molar-refractivity contribution in [3.63, 3.8) is 0 Å². The number of aromatic nitrogens is 3. The van der Waals surface area contributed by atoms with Crippen LogP contribution in [0.5, 0.6) is 0 Å². The van der Waals surface area contributed by atoms with Crippen LogP contribution in [-0.2, 0) is 0 Å². The van der Waals surface area contributed by atoms with Crippen molar-refractivity contribution >= 4 is 40.9 Å². The number of rotatable bonds is 3. The van der Waals surface area contributed by atoms with Gasteiger partial charge in [0.05, 0.1) is 0 Å². The van der Waals surface area contributed by atoms with Gasteiger partial charge in [0.2, 0.25) is 16.5 Å². The van der Waals surface area contributed by atoms with E-state index in [1.54, 1.807) is 0 Å². The molecular weight excluding hydrogens is 255 g/mol. The molecule has 1 unspecified atom stereocenters. The van der Waals surface area contributed by atoms with Gasteiger partial charge in [0, 0.05) is 6.54 Å². The molecule has 0 aliphatic carbocycles. The molecule has 82 valence electrons. The van der Waals surface area contributed by atoms with Gasteiger partial charge in [-0.3, -0.25) is 0 Å². The molecule has 0 amide bonds. The van der Waals surface area contributed by atoms with E-state index in [1.165, 1.54) is 17.9 Å². The van der Waals surface area contributed by atoms with Crippen molar-refractivity contribution in [3.8, 4) is 0 Å². The quantitative estimate of drug-likeness (QED) is 0.909. The number of nitrogens with zero attached hydrogens (tertiary/aromatic N) is 3. The highest BCUT2D eigenvalue weighted by Crippen LogP contribution is 2.23. The molecule has 1 fully saturated rings. The van der Waals surface area contributed by atoms with Gasteiger partial charge >= 0.3 is 0 Å². The number of hydrogen-bond donors (Lipinski definition) is 1. The minimum Gasteiger partial charge on any atom is -0.354 e. The van der Waals surface area contributed by atoms with Crippen LogP contribution in [0.1, 0.15) is 6.42 Å². The van der Waals surface area contributed by atoms with E-state index in [9.17, 15) is 0 Å². The Hall–Kier alpha value is -0.260. The summed E-state index contributed by atoms with van der Waals surface area (Å²) in [6.07, 6.45) is 1.24. The summed E-state index contributed by atoms with van der Waals surface area (Å²) in [7, 11) is 0. The largest absolute Gasteiger partial charge is 0.354 e. The van der Waals surface area contributed by atoms with Gasteiger partial charge in [0.15, 0.2) is 0 Å². The zero-order valence-electron chi connectivity index (χ0n) is 7.91. The van der Waals surface area contributed by atoms with Crippen molar-refractivity contribution < 1.29 is 0 Å². The van der Waals surface area contributed by atoms with Gasteiger partial charge in [-0.1, -0.05) is 0 Å². The molecule has 4 nitrogen and oxygen atoms in total. The highest BCUT2D eigenvalue weighted by molar-refractivity contribution is 7.99.